The third-order valence-electron chi connectivity index (χ3n) is 3.52. The molecule has 0 rings (SSSR count). The second-order valence-corrected chi connectivity index (χ2v) is 5.49. The highest BCUT2D eigenvalue weighted by atomic mass is 14.9. The summed E-state index contributed by atoms with van der Waals surface area (Å²) < 4.78 is 0. The van der Waals surface area contributed by atoms with Crippen LogP contribution in [0.3, 0.4) is 0 Å². The summed E-state index contributed by atoms with van der Waals surface area (Å²) in [5.74, 6) is 2.57. The molecule has 0 aliphatic carbocycles. The summed E-state index contributed by atoms with van der Waals surface area (Å²) >= 11 is 0. The SMILES string of the molecule is CCC(CC)CC(CNC(C)C)C(C)C. The number of nitrogens with one attached hydrogen (secondary N) is 1. The van der Waals surface area contributed by atoms with E-state index in [1.54, 1.807) is 0 Å². The molecule has 0 heterocycles. The van der Waals surface area contributed by atoms with E-state index in [0.717, 1.165) is 17.8 Å². The van der Waals surface area contributed by atoms with E-state index >= 15 is 0 Å². The van der Waals surface area contributed by atoms with E-state index in [1.165, 1.54) is 25.8 Å². The van der Waals surface area contributed by atoms with Crippen LogP contribution in [0.25, 0.3) is 0 Å². The van der Waals surface area contributed by atoms with Crippen molar-refractivity contribution in [1.29, 1.82) is 0 Å². The van der Waals surface area contributed by atoms with E-state index in [1.807, 2.05) is 0 Å². The first-order valence-corrected chi connectivity index (χ1v) is 6.74. The van der Waals surface area contributed by atoms with Crippen LogP contribution < -0.4 is 5.32 Å². The zero-order valence-corrected chi connectivity index (χ0v) is 11.6. The van der Waals surface area contributed by atoms with Gasteiger partial charge in [-0.3, -0.25) is 0 Å². The maximum absolute atomic E-state index is 3.58. The lowest BCUT2D eigenvalue weighted by molar-refractivity contribution is 0.271. The lowest BCUT2D eigenvalue weighted by Gasteiger charge is -2.26. The van der Waals surface area contributed by atoms with E-state index in [4.69, 9.17) is 0 Å². The second kappa shape index (κ2) is 8.15. The molecule has 0 aromatic carbocycles. The van der Waals surface area contributed by atoms with Crippen LogP contribution in [-0.4, -0.2) is 12.6 Å². The van der Waals surface area contributed by atoms with Crippen molar-refractivity contribution in [2.75, 3.05) is 6.54 Å². The van der Waals surface area contributed by atoms with Gasteiger partial charge in [-0.1, -0.05) is 54.4 Å². The summed E-state index contributed by atoms with van der Waals surface area (Å²) in [6.07, 6.45) is 4.06. The molecule has 0 saturated heterocycles. The lowest BCUT2D eigenvalue weighted by atomic mass is 9.84. The van der Waals surface area contributed by atoms with Gasteiger partial charge in [-0.2, -0.15) is 0 Å². The Bertz CT molecular complexity index is 136. The Morgan fingerprint density at radius 1 is 0.933 bits per heavy atom. The molecule has 1 N–H and O–H groups in total. The van der Waals surface area contributed by atoms with Crippen molar-refractivity contribution in [3.8, 4) is 0 Å². The summed E-state index contributed by atoms with van der Waals surface area (Å²) in [7, 11) is 0. The van der Waals surface area contributed by atoms with Gasteiger partial charge in [0.2, 0.25) is 0 Å². The van der Waals surface area contributed by atoms with Crippen LogP contribution in [0.2, 0.25) is 0 Å². The fraction of sp³-hybridized carbons (Fsp3) is 1.00. The zero-order valence-electron chi connectivity index (χ0n) is 11.6. The largest absolute Gasteiger partial charge is 0.314 e. The molecule has 1 atom stereocenters. The highest BCUT2D eigenvalue weighted by Crippen LogP contribution is 2.24. The van der Waals surface area contributed by atoms with Crippen molar-refractivity contribution in [2.45, 2.75) is 66.8 Å². The molecule has 0 spiro atoms. The third kappa shape index (κ3) is 6.94. The Balaban J connectivity index is 4.03. The van der Waals surface area contributed by atoms with Crippen LogP contribution >= 0.6 is 0 Å². The Morgan fingerprint density at radius 3 is 1.80 bits per heavy atom. The molecule has 0 fully saturated rings. The standard InChI is InChI=1S/C14H31N/c1-7-13(8-2)9-14(11(3)4)10-15-12(5)6/h11-15H,7-10H2,1-6H3. The topological polar surface area (TPSA) is 12.0 Å². The summed E-state index contributed by atoms with van der Waals surface area (Å²) in [6, 6.07) is 0.618. The molecule has 1 heteroatoms. The van der Waals surface area contributed by atoms with Crippen LogP contribution in [0.15, 0.2) is 0 Å². The van der Waals surface area contributed by atoms with Crippen molar-refractivity contribution in [3.05, 3.63) is 0 Å². The van der Waals surface area contributed by atoms with Gasteiger partial charge < -0.3 is 5.32 Å². The van der Waals surface area contributed by atoms with E-state index in [2.05, 4.69) is 46.9 Å². The normalized spacial score (nSPS) is 14.2. The van der Waals surface area contributed by atoms with E-state index in [-0.39, 0.29) is 0 Å². The van der Waals surface area contributed by atoms with Gasteiger partial charge in [-0.25, -0.2) is 0 Å². The van der Waals surface area contributed by atoms with Gasteiger partial charge in [0, 0.05) is 6.04 Å². The van der Waals surface area contributed by atoms with Crippen LogP contribution in [0, 0.1) is 17.8 Å². The number of hydrogen-bond donors (Lipinski definition) is 1. The molecule has 1 unspecified atom stereocenters. The average Bonchev–Trinajstić information content (AvgIpc) is 2.17. The minimum absolute atomic E-state index is 0.618. The summed E-state index contributed by atoms with van der Waals surface area (Å²) in [6.45, 7) is 15.0. The number of hydrogen-bond acceptors (Lipinski definition) is 1. The smallest absolute Gasteiger partial charge is 0.00104 e. The zero-order chi connectivity index (χ0) is 11.8. The maximum atomic E-state index is 3.58. The molecule has 0 aromatic rings. The first kappa shape index (κ1) is 15.0. The van der Waals surface area contributed by atoms with Gasteiger partial charge in [-0.05, 0) is 30.7 Å². The van der Waals surface area contributed by atoms with Gasteiger partial charge in [-0.15, -0.1) is 0 Å². The Hall–Kier alpha value is -0.0400. The highest BCUT2D eigenvalue weighted by molar-refractivity contribution is 4.71. The van der Waals surface area contributed by atoms with E-state index in [0.29, 0.717) is 6.04 Å². The van der Waals surface area contributed by atoms with Crippen LogP contribution in [0.5, 0.6) is 0 Å². The molecule has 0 aliphatic heterocycles. The molecular formula is C14H31N. The fourth-order valence-corrected chi connectivity index (χ4v) is 2.03. The number of rotatable bonds is 8. The van der Waals surface area contributed by atoms with Crippen molar-refractivity contribution >= 4 is 0 Å². The molecule has 0 aromatic heterocycles. The molecule has 0 bridgehead atoms. The predicted octanol–water partition coefficient (Wildman–Crippen LogP) is 4.08. The monoisotopic (exact) mass is 213 g/mol. The van der Waals surface area contributed by atoms with Crippen LogP contribution in [0.4, 0.5) is 0 Å². The average molecular weight is 213 g/mol. The van der Waals surface area contributed by atoms with Crippen molar-refractivity contribution in [1.82, 2.24) is 5.32 Å². The predicted molar refractivity (Wildman–Crippen MR) is 70.2 cm³/mol. The Labute approximate surface area is 97.0 Å². The molecule has 0 radical (unpaired) electrons. The molecule has 15 heavy (non-hydrogen) atoms. The maximum Gasteiger partial charge on any atom is 0.00104 e. The quantitative estimate of drug-likeness (QED) is 0.640. The van der Waals surface area contributed by atoms with Gasteiger partial charge >= 0.3 is 0 Å². The minimum Gasteiger partial charge on any atom is -0.314 e. The molecule has 0 amide bonds. The molecule has 92 valence electrons. The summed E-state index contributed by atoms with van der Waals surface area (Å²) in [5.41, 5.74) is 0. The van der Waals surface area contributed by atoms with Gasteiger partial charge in [0.1, 0.15) is 0 Å². The van der Waals surface area contributed by atoms with Gasteiger partial charge in [0.25, 0.3) is 0 Å². The van der Waals surface area contributed by atoms with Crippen LogP contribution in [0.1, 0.15) is 60.8 Å². The molecule has 0 aliphatic rings. The molecule has 0 saturated carbocycles. The first-order valence-electron chi connectivity index (χ1n) is 6.74. The van der Waals surface area contributed by atoms with E-state index < -0.39 is 0 Å². The fourth-order valence-electron chi connectivity index (χ4n) is 2.03. The van der Waals surface area contributed by atoms with Gasteiger partial charge in [0.05, 0.1) is 0 Å². The van der Waals surface area contributed by atoms with Crippen LogP contribution in [-0.2, 0) is 0 Å². The van der Waals surface area contributed by atoms with Gasteiger partial charge in [0.15, 0.2) is 0 Å². The Kier molecular flexibility index (Phi) is 8.13. The van der Waals surface area contributed by atoms with Crippen molar-refractivity contribution < 1.29 is 0 Å². The van der Waals surface area contributed by atoms with Crippen molar-refractivity contribution in [2.24, 2.45) is 17.8 Å². The molecule has 1 nitrogen and oxygen atoms in total. The second-order valence-electron chi connectivity index (χ2n) is 5.49. The Morgan fingerprint density at radius 2 is 1.47 bits per heavy atom. The minimum atomic E-state index is 0.618. The van der Waals surface area contributed by atoms with E-state index in [9.17, 15) is 0 Å². The first-order chi connectivity index (χ1) is 7.01. The highest BCUT2D eigenvalue weighted by Gasteiger charge is 2.17. The summed E-state index contributed by atoms with van der Waals surface area (Å²) in [4.78, 5) is 0. The van der Waals surface area contributed by atoms with Crippen molar-refractivity contribution in [3.63, 3.8) is 0 Å². The lowest BCUT2D eigenvalue weighted by Crippen LogP contribution is -2.32. The molecular weight excluding hydrogens is 182 g/mol. The third-order valence-corrected chi connectivity index (χ3v) is 3.52. The summed E-state index contributed by atoms with van der Waals surface area (Å²) in [5, 5.41) is 3.58.